The average Bonchev–Trinajstić information content (AvgIpc) is 3.78. The highest BCUT2D eigenvalue weighted by molar-refractivity contribution is 5.90. The topological polar surface area (TPSA) is 119 Å². The van der Waals surface area contributed by atoms with Crippen LogP contribution in [0.5, 0.6) is 0 Å². The minimum Gasteiger partial charge on any atom is -0.478 e. The Morgan fingerprint density at radius 2 is 1.71 bits per heavy atom. The molecule has 1 aliphatic heterocycles. The van der Waals surface area contributed by atoms with E-state index in [1.54, 1.807) is 4.90 Å². The molecule has 0 radical (unpaired) electrons. The SMILES string of the molecule is CC(c1cccc2ccccc12)N1CCC(N(CC(=O)NCC(=O)NC/C=C/C(=O)O)C(=O)C2CC2)CC1. The molecule has 2 aliphatic rings. The molecule has 2 aromatic rings. The Morgan fingerprint density at radius 1 is 1.00 bits per heavy atom. The maximum atomic E-state index is 13.1. The summed E-state index contributed by atoms with van der Waals surface area (Å²) in [5, 5.41) is 16.2. The van der Waals surface area contributed by atoms with E-state index < -0.39 is 11.9 Å². The van der Waals surface area contributed by atoms with Crippen LogP contribution in [-0.2, 0) is 19.2 Å². The lowest BCUT2D eigenvalue weighted by Crippen LogP contribution is -2.52. The number of nitrogens with one attached hydrogen (secondary N) is 2. The molecule has 1 heterocycles. The number of piperidine rings is 1. The van der Waals surface area contributed by atoms with E-state index in [0.29, 0.717) is 0 Å². The lowest BCUT2D eigenvalue weighted by Gasteiger charge is -2.41. The van der Waals surface area contributed by atoms with Crippen LogP contribution < -0.4 is 10.6 Å². The van der Waals surface area contributed by atoms with Crippen molar-refractivity contribution in [2.24, 2.45) is 5.92 Å². The van der Waals surface area contributed by atoms with Gasteiger partial charge in [0, 0.05) is 43.7 Å². The summed E-state index contributed by atoms with van der Waals surface area (Å²) >= 11 is 0. The fourth-order valence-corrected chi connectivity index (χ4v) is 5.13. The fourth-order valence-electron chi connectivity index (χ4n) is 5.13. The minimum atomic E-state index is -1.10. The quantitative estimate of drug-likeness (QED) is 0.392. The first-order valence-electron chi connectivity index (χ1n) is 13.3. The molecule has 4 rings (SSSR count). The molecule has 38 heavy (non-hydrogen) atoms. The summed E-state index contributed by atoms with van der Waals surface area (Å²) in [5.74, 6) is -1.86. The Hall–Kier alpha value is -3.72. The van der Waals surface area contributed by atoms with E-state index in [0.717, 1.165) is 44.8 Å². The van der Waals surface area contributed by atoms with E-state index in [2.05, 4.69) is 64.9 Å². The molecule has 2 fully saturated rings. The summed E-state index contributed by atoms with van der Waals surface area (Å²) < 4.78 is 0. The summed E-state index contributed by atoms with van der Waals surface area (Å²) in [6.07, 6.45) is 5.55. The number of fused-ring (bicyclic) bond motifs is 1. The van der Waals surface area contributed by atoms with Crippen LogP contribution in [0.4, 0.5) is 0 Å². The van der Waals surface area contributed by atoms with Gasteiger partial charge >= 0.3 is 5.97 Å². The number of benzene rings is 2. The zero-order chi connectivity index (χ0) is 27.1. The summed E-state index contributed by atoms with van der Waals surface area (Å²) in [6.45, 7) is 3.65. The molecular weight excluding hydrogens is 484 g/mol. The molecule has 202 valence electrons. The van der Waals surface area contributed by atoms with Gasteiger partial charge in [0.2, 0.25) is 17.7 Å². The van der Waals surface area contributed by atoms with Gasteiger partial charge in [0.15, 0.2) is 0 Å². The molecule has 3 amide bonds. The Labute approximate surface area is 222 Å². The second kappa shape index (κ2) is 12.7. The van der Waals surface area contributed by atoms with Gasteiger partial charge in [0.25, 0.3) is 0 Å². The van der Waals surface area contributed by atoms with Crippen molar-refractivity contribution in [3.05, 3.63) is 60.2 Å². The number of hydrogen-bond donors (Lipinski definition) is 3. The summed E-state index contributed by atoms with van der Waals surface area (Å²) in [4.78, 5) is 52.3. The van der Waals surface area contributed by atoms with E-state index in [1.807, 2.05) is 0 Å². The first kappa shape index (κ1) is 27.3. The predicted molar refractivity (Wildman–Crippen MR) is 144 cm³/mol. The minimum absolute atomic E-state index is 0.000225. The van der Waals surface area contributed by atoms with Gasteiger partial charge in [-0.3, -0.25) is 19.3 Å². The second-order valence-corrected chi connectivity index (χ2v) is 10.1. The molecule has 0 aromatic heterocycles. The molecule has 1 unspecified atom stereocenters. The molecule has 2 aromatic carbocycles. The zero-order valence-electron chi connectivity index (χ0n) is 21.8. The van der Waals surface area contributed by atoms with Gasteiger partial charge in [-0.2, -0.15) is 0 Å². The van der Waals surface area contributed by atoms with Crippen LogP contribution >= 0.6 is 0 Å². The molecule has 1 aliphatic carbocycles. The summed E-state index contributed by atoms with van der Waals surface area (Å²) in [7, 11) is 0. The van der Waals surface area contributed by atoms with Crippen molar-refractivity contribution in [1.82, 2.24) is 20.4 Å². The van der Waals surface area contributed by atoms with Gasteiger partial charge in [-0.15, -0.1) is 0 Å². The van der Waals surface area contributed by atoms with Crippen molar-refractivity contribution < 1.29 is 24.3 Å². The zero-order valence-corrected chi connectivity index (χ0v) is 21.8. The Morgan fingerprint density at radius 3 is 2.42 bits per heavy atom. The Balaban J connectivity index is 1.31. The van der Waals surface area contributed by atoms with E-state index in [1.165, 1.54) is 22.4 Å². The predicted octanol–water partition coefficient (Wildman–Crippen LogP) is 2.48. The van der Waals surface area contributed by atoms with Crippen LogP contribution in [0.3, 0.4) is 0 Å². The smallest absolute Gasteiger partial charge is 0.328 e. The van der Waals surface area contributed by atoms with Crippen molar-refractivity contribution in [2.45, 2.75) is 44.7 Å². The van der Waals surface area contributed by atoms with E-state index >= 15 is 0 Å². The van der Waals surface area contributed by atoms with E-state index in [9.17, 15) is 19.2 Å². The first-order valence-corrected chi connectivity index (χ1v) is 13.3. The van der Waals surface area contributed by atoms with Crippen LogP contribution in [0.15, 0.2) is 54.6 Å². The standard InChI is InChI=1S/C29H36N4O5/c1-20(24-9-4-7-21-6-2-3-8-25(21)24)32-16-13-23(14-17-32)33(29(38)22-11-12-22)19-27(35)31-18-26(34)30-15-5-10-28(36)37/h2-10,20,22-23H,11-19H2,1H3,(H,30,34)(H,31,35)(H,36,37)/b10-5+. The normalized spacial score (nSPS) is 17.3. The van der Waals surface area contributed by atoms with E-state index in [4.69, 9.17) is 5.11 Å². The molecule has 3 N–H and O–H groups in total. The van der Waals surface area contributed by atoms with E-state index in [-0.39, 0.29) is 49.5 Å². The lowest BCUT2D eigenvalue weighted by molar-refractivity contribution is -0.140. The number of nitrogens with zero attached hydrogens (tertiary/aromatic N) is 2. The summed E-state index contributed by atoms with van der Waals surface area (Å²) in [5.41, 5.74) is 1.29. The van der Waals surface area contributed by atoms with Gasteiger partial charge in [-0.1, -0.05) is 48.5 Å². The van der Waals surface area contributed by atoms with Crippen molar-refractivity contribution in [2.75, 3.05) is 32.7 Å². The number of amides is 3. The van der Waals surface area contributed by atoms with Gasteiger partial charge in [0.05, 0.1) is 13.1 Å². The Bertz CT molecular complexity index is 1200. The fraction of sp³-hybridized carbons (Fsp3) is 0.448. The van der Waals surface area contributed by atoms with Crippen LogP contribution in [0.2, 0.25) is 0 Å². The molecular formula is C29H36N4O5. The lowest BCUT2D eigenvalue weighted by atomic mass is 9.95. The maximum absolute atomic E-state index is 13.1. The number of carboxylic acid groups (broad SMARTS) is 1. The third kappa shape index (κ3) is 7.19. The number of carbonyl (C=O) groups excluding carboxylic acids is 3. The molecule has 0 bridgehead atoms. The molecule has 1 saturated carbocycles. The number of carbonyl (C=O) groups is 4. The van der Waals surface area contributed by atoms with Crippen molar-refractivity contribution in [3.8, 4) is 0 Å². The van der Waals surface area contributed by atoms with Crippen molar-refractivity contribution in [1.29, 1.82) is 0 Å². The molecule has 9 heteroatoms. The molecule has 0 spiro atoms. The summed E-state index contributed by atoms with van der Waals surface area (Å²) in [6, 6.07) is 15.0. The number of likely N-dealkylation sites (tertiary alicyclic amines) is 1. The molecule has 9 nitrogen and oxygen atoms in total. The van der Waals surface area contributed by atoms with Gasteiger partial charge in [-0.05, 0) is 48.9 Å². The highest BCUT2D eigenvalue weighted by Gasteiger charge is 2.38. The number of carboxylic acids is 1. The van der Waals surface area contributed by atoms with Gasteiger partial charge in [0.1, 0.15) is 0 Å². The largest absolute Gasteiger partial charge is 0.478 e. The van der Waals surface area contributed by atoms with Crippen molar-refractivity contribution in [3.63, 3.8) is 0 Å². The Kier molecular flexibility index (Phi) is 9.12. The van der Waals surface area contributed by atoms with Crippen LogP contribution in [0.25, 0.3) is 10.8 Å². The monoisotopic (exact) mass is 520 g/mol. The average molecular weight is 521 g/mol. The number of rotatable bonds is 11. The van der Waals surface area contributed by atoms with Gasteiger partial charge in [-0.25, -0.2) is 4.79 Å². The van der Waals surface area contributed by atoms with Gasteiger partial charge < -0.3 is 20.6 Å². The third-order valence-electron chi connectivity index (χ3n) is 7.41. The second-order valence-electron chi connectivity index (χ2n) is 10.1. The highest BCUT2D eigenvalue weighted by atomic mass is 16.4. The number of hydrogen-bond acceptors (Lipinski definition) is 5. The maximum Gasteiger partial charge on any atom is 0.328 e. The van der Waals surface area contributed by atoms with Crippen molar-refractivity contribution >= 4 is 34.5 Å². The third-order valence-corrected chi connectivity index (χ3v) is 7.41. The molecule has 1 saturated heterocycles. The highest BCUT2D eigenvalue weighted by Crippen LogP contribution is 2.34. The van der Waals surface area contributed by atoms with Crippen LogP contribution in [0.1, 0.15) is 44.2 Å². The molecule has 1 atom stereocenters. The number of aliphatic carboxylic acids is 1. The van der Waals surface area contributed by atoms with Crippen LogP contribution in [-0.4, -0.2) is 77.4 Å². The first-order chi connectivity index (χ1) is 18.3. The van der Waals surface area contributed by atoms with Crippen LogP contribution in [0, 0.1) is 5.92 Å².